The van der Waals surface area contributed by atoms with Gasteiger partial charge in [0.1, 0.15) is 0 Å². The molecule has 0 atom stereocenters. The monoisotopic (exact) mass is 196 g/mol. The van der Waals surface area contributed by atoms with Crippen LogP contribution in [0.15, 0.2) is 0 Å². The van der Waals surface area contributed by atoms with Gasteiger partial charge in [-0.25, -0.2) is 4.68 Å². The predicted molar refractivity (Wildman–Crippen MR) is 57.9 cm³/mol. The van der Waals surface area contributed by atoms with Crippen LogP contribution >= 0.6 is 0 Å². The molecule has 0 spiro atoms. The first kappa shape index (κ1) is 11.0. The molecule has 0 aliphatic rings. The van der Waals surface area contributed by atoms with Gasteiger partial charge in [-0.15, -0.1) is 5.10 Å². The first-order valence-corrected chi connectivity index (χ1v) is 5.12. The largest absolute Gasteiger partial charge is 0.381 e. The second-order valence-corrected chi connectivity index (χ2v) is 4.81. The summed E-state index contributed by atoms with van der Waals surface area (Å²) in [5.74, 6) is 0.571. The Morgan fingerprint density at radius 3 is 2.50 bits per heavy atom. The molecule has 0 aliphatic heterocycles. The van der Waals surface area contributed by atoms with E-state index in [2.05, 4.69) is 38.0 Å². The fourth-order valence-electron chi connectivity index (χ4n) is 1.33. The molecule has 0 bridgehead atoms. The first-order chi connectivity index (χ1) is 6.44. The van der Waals surface area contributed by atoms with Crippen LogP contribution < -0.4 is 5.73 Å². The minimum absolute atomic E-state index is 0.325. The van der Waals surface area contributed by atoms with Gasteiger partial charge in [-0.1, -0.05) is 32.9 Å². The number of anilines is 1. The van der Waals surface area contributed by atoms with E-state index in [4.69, 9.17) is 5.73 Å². The van der Waals surface area contributed by atoms with Crippen molar-refractivity contribution in [2.75, 3.05) is 5.73 Å². The second-order valence-electron chi connectivity index (χ2n) is 4.81. The van der Waals surface area contributed by atoms with Gasteiger partial charge < -0.3 is 5.73 Å². The quantitative estimate of drug-likeness (QED) is 0.802. The molecule has 14 heavy (non-hydrogen) atoms. The summed E-state index contributed by atoms with van der Waals surface area (Å²) < 4.78 is 1.92. The Labute approximate surface area is 85.5 Å². The Balaban J connectivity index is 2.67. The van der Waals surface area contributed by atoms with Crippen molar-refractivity contribution in [1.29, 1.82) is 0 Å². The van der Waals surface area contributed by atoms with Gasteiger partial charge in [0, 0.05) is 6.54 Å². The number of hydrogen-bond acceptors (Lipinski definition) is 3. The van der Waals surface area contributed by atoms with Crippen molar-refractivity contribution in [2.24, 2.45) is 5.41 Å². The first-order valence-electron chi connectivity index (χ1n) is 5.12. The smallest absolute Gasteiger partial charge is 0.169 e. The number of aromatic nitrogens is 3. The number of aryl methyl sites for hydroxylation is 1. The Morgan fingerprint density at radius 1 is 1.36 bits per heavy atom. The zero-order valence-electron chi connectivity index (χ0n) is 9.54. The van der Waals surface area contributed by atoms with E-state index in [0.717, 1.165) is 25.1 Å². The second kappa shape index (κ2) is 3.98. The fourth-order valence-corrected chi connectivity index (χ4v) is 1.33. The maximum Gasteiger partial charge on any atom is 0.169 e. The summed E-state index contributed by atoms with van der Waals surface area (Å²) in [6.07, 6.45) is 1.98. The summed E-state index contributed by atoms with van der Waals surface area (Å²) in [4.78, 5) is 0. The maximum atomic E-state index is 5.70. The van der Waals surface area contributed by atoms with Crippen LogP contribution in [-0.2, 0) is 13.0 Å². The van der Waals surface area contributed by atoms with E-state index >= 15 is 0 Å². The van der Waals surface area contributed by atoms with Gasteiger partial charge in [-0.05, 0) is 18.3 Å². The van der Waals surface area contributed by atoms with Crippen LogP contribution in [0.5, 0.6) is 0 Å². The van der Waals surface area contributed by atoms with Crippen LogP contribution in [0.1, 0.15) is 39.8 Å². The highest BCUT2D eigenvalue weighted by Gasteiger charge is 2.13. The lowest BCUT2D eigenvalue weighted by Gasteiger charge is -2.18. The summed E-state index contributed by atoms with van der Waals surface area (Å²) in [5.41, 5.74) is 7.07. The lowest BCUT2D eigenvalue weighted by molar-refractivity contribution is 0.336. The average Bonchev–Trinajstić information content (AvgIpc) is 2.41. The minimum Gasteiger partial charge on any atom is -0.381 e. The van der Waals surface area contributed by atoms with Crippen LogP contribution in [0, 0.1) is 5.41 Å². The Morgan fingerprint density at radius 2 is 2.00 bits per heavy atom. The molecule has 1 rings (SSSR count). The third kappa shape index (κ3) is 2.72. The van der Waals surface area contributed by atoms with Crippen molar-refractivity contribution in [3.8, 4) is 0 Å². The van der Waals surface area contributed by atoms with E-state index in [-0.39, 0.29) is 0 Å². The third-order valence-corrected chi connectivity index (χ3v) is 2.28. The predicted octanol–water partition coefficient (Wildman–Crippen LogP) is 1.86. The SMILES string of the molecule is CCc1c(N)nnn1CCC(C)(C)C. The molecule has 1 heterocycles. The Bertz CT molecular complexity index is 296. The lowest BCUT2D eigenvalue weighted by Crippen LogP contribution is -2.13. The molecule has 0 radical (unpaired) electrons. The van der Waals surface area contributed by atoms with Gasteiger partial charge >= 0.3 is 0 Å². The lowest BCUT2D eigenvalue weighted by atomic mass is 9.92. The highest BCUT2D eigenvalue weighted by atomic mass is 15.4. The van der Waals surface area contributed by atoms with Crippen LogP contribution in [-0.4, -0.2) is 15.0 Å². The van der Waals surface area contributed by atoms with Crippen LogP contribution in [0.25, 0.3) is 0 Å². The zero-order chi connectivity index (χ0) is 10.8. The maximum absolute atomic E-state index is 5.70. The van der Waals surface area contributed by atoms with Crippen molar-refractivity contribution in [1.82, 2.24) is 15.0 Å². The van der Waals surface area contributed by atoms with Gasteiger partial charge in [0.25, 0.3) is 0 Å². The van der Waals surface area contributed by atoms with Gasteiger partial charge in [-0.3, -0.25) is 0 Å². The molecular formula is C10H20N4. The molecule has 0 unspecified atom stereocenters. The number of nitrogens with two attached hydrogens (primary N) is 1. The summed E-state index contributed by atoms with van der Waals surface area (Å²) in [6.45, 7) is 9.64. The Kier molecular flexibility index (Phi) is 3.13. The van der Waals surface area contributed by atoms with E-state index in [9.17, 15) is 0 Å². The van der Waals surface area contributed by atoms with E-state index < -0.39 is 0 Å². The minimum atomic E-state index is 0.325. The average molecular weight is 196 g/mol. The van der Waals surface area contributed by atoms with E-state index in [0.29, 0.717) is 11.2 Å². The normalized spacial score (nSPS) is 12.0. The Hall–Kier alpha value is -1.06. The van der Waals surface area contributed by atoms with Crippen molar-refractivity contribution in [3.63, 3.8) is 0 Å². The molecule has 0 aliphatic carbocycles. The standard InChI is InChI=1S/C10H20N4/c1-5-8-9(11)12-13-14(8)7-6-10(2,3)4/h5-7,11H2,1-4H3. The highest BCUT2D eigenvalue weighted by Crippen LogP contribution is 2.20. The number of rotatable bonds is 3. The van der Waals surface area contributed by atoms with Gasteiger partial charge in [0.05, 0.1) is 5.69 Å². The van der Waals surface area contributed by atoms with Crippen LogP contribution in [0.3, 0.4) is 0 Å². The number of hydrogen-bond donors (Lipinski definition) is 1. The summed E-state index contributed by atoms with van der Waals surface area (Å²) in [5, 5.41) is 7.91. The van der Waals surface area contributed by atoms with Crippen LogP contribution in [0.4, 0.5) is 5.82 Å². The summed E-state index contributed by atoms with van der Waals surface area (Å²) in [6, 6.07) is 0. The molecule has 4 heteroatoms. The van der Waals surface area contributed by atoms with E-state index in [1.807, 2.05) is 4.68 Å². The number of nitrogens with zero attached hydrogens (tertiary/aromatic N) is 3. The molecule has 2 N–H and O–H groups in total. The zero-order valence-corrected chi connectivity index (χ0v) is 9.54. The molecule has 0 aromatic carbocycles. The molecule has 1 aromatic rings. The highest BCUT2D eigenvalue weighted by molar-refractivity contribution is 5.32. The molecule has 1 aromatic heterocycles. The topological polar surface area (TPSA) is 56.7 Å². The fraction of sp³-hybridized carbons (Fsp3) is 0.800. The van der Waals surface area contributed by atoms with Crippen LogP contribution in [0.2, 0.25) is 0 Å². The van der Waals surface area contributed by atoms with Crippen molar-refractivity contribution < 1.29 is 0 Å². The molecule has 0 saturated heterocycles. The van der Waals surface area contributed by atoms with Crippen molar-refractivity contribution >= 4 is 5.82 Å². The molecule has 0 fully saturated rings. The molecular weight excluding hydrogens is 176 g/mol. The third-order valence-electron chi connectivity index (χ3n) is 2.28. The van der Waals surface area contributed by atoms with Crippen molar-refractivity contribution in [2.45, 2.75) is 47.1 Å². The molecule has 80 valence electrons. The number of nitrogen functional groups attached to an aromatic ring is 1. The van der Waals surface area contributed by atoms with Gasteiger partial charge in [-0.2, -0.15) is 0 Å². The molecule has 0 saturated carbocycles. The van der Waals surface area contributed by atoms with E-state index in [1.165, 1.54) is 0 Å². The summed E-state index contributed by atoms with van der Waals surface area (Å²) >= 11 is 0. The van der Waals surface area contributed by atoms with E-state index in [1.54, 1.807) is 0 Å². The van der Waals surface area contributed by atoms with Gasteiger partial charge in [0.15, 0.2) is 5.82 Å². The van der Waals surface area contributed by atoms with Gasteiger partial charge in [0.2, 0.25) is 0 Å². The summed E-state index contributed by atoms with van der Waals surface area (Å²) in [7, 11) is 0. The molecule has 0 amide bonds. The molecule has 4 nitrogen and oxygen atoms in total. The van der Waals surface area contributed by atoms with Crippen molar-refractivity contribution in [3.05, 3.63) is 5.69 Å².